The number of carbonyl (C=O) groups is 1. The van der Waals surface area contributed by atoms with Crippen LogP contribution in [-0.2, 0) is 4.74 Å². The number of piperidine rings is 2. The Morgan fingerprint density at radius 3 is 2.67 bits per heavy atom. The van der Waals surface area contributed by atoms with Gasteiger partial charge in [0.25, 0.3) is 0 Å². The molecule has 1 N–H and O–H groups in total. The Morgan fingerprint density at radius 1 is 1.15 bits per heavy atom. The number of piperazine rings is 1. The number of phenols is 1. The van der Waals surface area contributed by atoms with E-state index < -0.39 is 48.1 Å². The van der Waals surface area contributed by atoms with Gasteiger partial charge in [-0.25, -0.2) is 18.0 Å². The van der Waals surface area contributed by atoms with Gasteiger partial charge < -0.3 is 24.4 Å². The average molecular weight is 670 g/mol. The van der Waals surface area contributed by atoms with E-state index in [4.69, 9.17) is 18.6 Å². The lowest BCUT2D eigenvalue weighted by Gasteiger charge is -2.51. The smallest absolute Gasteiger partial charge is 0.410 e. The van der Waals surface area contributed by atoms with Gasteiger partial charge in [0.1, 0.15) is 47.0 Å². The van der Waals surface area contributed by atoms with Gasteiger partial charge in [-0.1, -0.05) is 0 Å². The van der Waals surface area contributed by atoms with Crippen LogP contribution < -0.4 is 9.64 Å². The highest BCUT2D eigenvalue weighted by Crippen LogP contribution is 2.48. The number of alkyl halides is 1. The molecule has 6 aliphatic rings. The van der Waals surface area contributed by atoms with E-state index in [1.807, 2.05) is 25.7 Å². The number of aromatic nitrogens is 3. The minimum absolute atomic E-state index is 0.130. The van der Waals surface area contributed by atoms with Crippen LogP contribution in [0.15, 0.2) is 18.3 Å². The SMILES string of the molecule is [2H]C1([2H])CC[C@@]2(COc3nc(N4CC5CCC4CN5C(=O)OC(C)(C)C)c4cnc(-c5cc(O)cc(F)c5C5CC5)c(F)c4n3)C[C@@]([2H])(F)CN12. The molecule has 1 saturated carbocycles. The fourth-order valence-corrected chi connectivity index (χ4v) is 7.83. The Morgan fingerprint density at radius 2 is 1.94 bits per heavy atom. The van der Waals surface area contributed by atoms with E-state index >= 15 is 13.2 Å². The molecular weight excluding hydrogens is 625 g/mol. The molecule has 7 heterocycles. The molecule has 5 aliphatic heterocycles. The van der Waals surface area contributed by atoms with Gasteiger partial charge in [-0.2, -0.15) is 9.97 Å². The summed E-state index contributed by atoms with van der Waals surface area (Å²) in [5, 5.41) is 10.6. The Kier molecular flexibility index (Phi) is 6.62. The molecule has 13 heteroatoms. The van der Waals surface area contributed by atoms with Crippen LogP contribution in [0.2, 0.25) is 0 Å². The van der Waals surface area contributed by atoms with Crippen molar-refractivity contribution in [2.45, 2.75) is 101 Å². The Balaban J connectivity index is 1.20. The standard InChI is InChI=1S/C35H41F3N6O4/c1-34(2,3)48-33(46)44-17-21-7-8-22(44)16-43(21)31-25-14-39-29(24-11-23(45)12-26(37)27(24)19-5-6-19)28(38)30(25)40-32(41-31)47-18-35-9-4-10-42(35)15-20(36)13-35/h11-12,14,19-22,45H,4-10,13,15-18H2,1-3H3/t20-,21?,22?,35+/m1/s1/i10D2,20D. The summed E-state index contributed by atoms with van der Waals surface area (Å²) in [6, 6.07) is 1.66. The first kappa shape index (κ1) is 28.0. The second-order valence-corrected chi connectivity index (χ2v) is 14.8. The van der Waals surface area contributed by atoms with Gasteiger partial charge in [0.15, 0.2) is 5.82 Å². The molecule has 0 radical (unpaired) electrons. The molecule has 2 aromatic heterocycles. The van der Waals surface area contributed by atoms with E-state index in [9.17, 15) is 9.90 Å². The number of anilines is 1. The van der Waals surface area contributed by atoms with Crippen LogP contribution in [0, 0.1) is 11.6 Å². The largest absolute Gasteiger partial charge is 0.508 e. The van der Waals surface area contributed by atoms with Gasteiger partial charge in [-0.05, 0) is 77.8 Å². The van der Waals surface area contributed by atoms with Gasteiger partial charge in [0, 0.05) is 58.2 Å². The number of phenolic OH excluding ortho intramolecular Hbond substituents is 1. The highest BCUT2D eigenvalue weighted by atomic mass is 19.1. The van der Waals surface area contributed by atoms with Gasteiger partial charge in [-0.3, -0.25) is 9.88 Å². The third-order valence-corrected chi connectivity index (χ3v) is 10.2. The van der Waals surface area contributed by atoms with Crippen LogP contribution in [-0.4, -0.2) is 98.1 Å². The highest BCUT2D eigenvalue weighted by molar-refractivity contribution is 5.92. The van der Waals surface area contributed by atoms with Crippen molar-refractivity contribution in [1.29, 1.82) is 0 Å². The normalized spacial score (nSPS) is 30.7. The molecule has 48 heavy (non-hydrogen) atoms. The number of aromatic hydroxyl groups is 1. The van der Waals surface area contributed by atoms with E-state index in [0.29, 0.717) is 18.9 Å². The molecular formula is C35H41F3N6O4. The first-order valence-corrected chi connectivity index (χ1v) is 16.7. The van der Waals surface area contributed by atoms with E-state index in [1.54, 1.807) is 4.90 Å². The van der Waals surface area contributed by atoms with Crippen molar-refractivity contribution >= 4 is 22.8 Å². The number of rotatable bonds is 6. The zero-order valence-electron chi connectivity index (χ0n) is 30.2. The van der Waals surface area contributed by atoms with E-state index in [0.717, 1.165) is 31.7 Å². The molecule has 5 saturated heterocycles. The summed E-state index contributed by atoms with van der Waals surface area (Å²) < 4.78 is 83.9. The summed E-state index contributed by atoms with van der Waals surface area (Å²) in [6.45, 7) is 3.66. The lowest BCUT2D eigenvalue weighted by atomic mass is 9.91. The number of halogens is 3. The molecule has 10 nitrogen and oxygen atoms in total. The number of carbonyl (C=O) groups excluding carboxylic acids is 1. The highest BCUT2D eigenvalue weighted by Gasteiger charge is 2.50. The van der Waals surface area contributed by atoms with Crippen LogP contribution >= 0.6 is 0 Å². The maximum Gasteiger partial charge on any atom is 0.410 e. The topological polar surface area (TPSA) is 104 Å². The second kappa shape index (κ2) is 11.3. The third-order valence-electron chi connectivity index (χ3n) is 10.2. The first-order valence-electron chi connectivity index (χ1n) is 18.2. The molecule has 1 amide bonds. The molecule has 3 aromatic rings. The van der Waals surface area contributed by atoms with Crippen molar-refractivity contribution in [3.63, 3.8) is 0 Å². The summed E-state index contributed by atoms with van der Waals surface area (Å²) in [7, 11) is 0. The van der Waals surface area contributed by atoms with Crippen LogP contribution in [0.4, 0.5) is 23.8 Å². The number of ether oxygens (including phenoxy) is 2. The van der Waals surface area contributed by atoms with Crippen molar-refractivity contribution in [3.05, 3.63) is 35.5 Å². The molecule has 256 valence electrons. The summed E-state index contributed by atoms with van der Waals surface area (Å²) in [6.07, 6.45) is 1.66. The lowest BCUT2D eigenvalue weighted by Crippen LogP contribution is -2.64. The molecule has 9 rings (SSSR count). The van der Waals surface area contributed by atoms with Crippen molar-refractivity contribution < 1.29 is 36.7 Å². The summed E-state index contributed by atoms with van der Waals surface area (Å²) in [5.74, 6) is -1.68. The van der Waals surface area contributed by atoms with Gasteiger partial charge in [0.05, 0.1) is 18.3 Å². The van der Waals surface area contributed by atoms with E-state index in [2.05, 4.69) is 9.97 Å². The van der Waals surface area contributed by atoms with Gasteiger partial charge in [0.2, 0.25) is 0 Å². The zero-order valence-corrected chi connectivity index (χ0v) is 27.2. The predicted molar refractivity (Wildman–Crippen MR) is 172 cm³/mol. The summed E-state index contributed by atoms with van der Waals surface area (Å²) in [4.78, 5) is 31.8. The molecule has 1 aliphatic carbocycles. The number of amides is 1. The third kappa shape index (κ3) is 5.47. The summed E-state index contributed by atoms with van der Waals surface area (Å²) >= 11 is 0. The Bertz CT molecular complexity index is 1930. The monoisotopic (exact) mass is 669 g/mol. The average Bonchev–Trinajstić information content (AvgIpc) is 3.80. The predicted octanol–water partition coefficient (Wildman–Crippen LogP) is 6.10. The maximum atomic E-state index is 16.8. The molecule has 4 atom stereocenters. The van der Waals surface area contributed by atoms with Crippen LogP contribution in [0.5, 0.6) is 11.8 Å². The van der Waals surface area contributed by atoms with Crippen molar-refractivity contribution in [2.75, 3.05) is 37.6 Å². The summed E-state index contributed by atoms with van der Waals surface area (Å²) in [5.41, 5.74) is -1.73. The molecule has 6 fully saturated rings. The number of fused-ring (bicyclic) bond motifs is 5. The van der Waals surface area contributed by atoms with Crippen LogP contribution in [0.3, 0.4) is 0 Å². The minimum atomic E-state index is -2.37. The number of nitrogens with zero attached hydrogens (tertiary/aromatic N) is 6. The zero-order chi connectivity index (χ0) is 36.2. The van der Waals surface area contributed by atoms with Crippen molar-refractivity contribution in [1.82, 2.24) is 24.8 Å². The number of pyridine rings is 1. The maximum absolute atomic E-state index is 16.8. The van der Waals surface area contributed by atoms with Crippen molar-refractivity contribution in [2.24, 2.45) is 0 Å². The second-order valence-electron chi connectivity index (χ2n) is 14.8. The lowest BCUT2D eigenvalue weighted by molar-refractivity contribution is 0.000790. The Labute approximate surface area is 281 Å². The minimum Gasteiger partial charge on any atom is -0.508 e. The van der Waals surface area contributed by atoms with E-state index in [1.165, 1.54) is 17.2 Å². The Hall–Kier alpha value is -3.87. The van der Waals surface area contributed by atoms with Crippen LogP contribution in [0.1, 0.15) is 81.3 Å². The molecule has 2 bridgehead atoms. The fraction of sp³-hybridized carbons (Fsp3) is 0.600. The van der Waals surface area contributed by atoms with Gasteiger partial charge in [-0.15, -0.1) is 0 Å². The number of hydrogen-bond acceptors (Lipinski definition) is 9. The van der Waals surface area contributed by atoms with E-state index in [-0.39, 0.29) is 83.4 Å². The molecule has 1 aromatic carbocycles. The quantitative estimate of drug-likeness (QED) is 0.334. The van der Waals surface area contributed by atoms with Crippen molar-refractivity contribution in [3.8, 4) is 23.0 Å². The van der Waals surface area contributed by atoms with Gasteiger partial charge >= 0.3 is 12.1 Å². The number of hydrogen-bond donors (Lipinski definition) is 1. The number of benzene rings is 1. The molecule has 2 unspecified atom stereocenters. The molecule has 0 spiro atoms. The first-order chi connectivity index (χ1) is 23.9. The van der Waals surface area contributed by atoms with Crippen LogP contribution in [0.25, 0.3) is 22.2 Å². The fourth-order valence-electron chi connectivity index (χ4n) is 7.83.